The summed E-state index contributed by atoms with van der Waals surface area (Å²) in [5, 5.41) is 1.08. The number of aromatic amines is 1. The Hall–Kier alpha value is -1.58. The zero-order chi connectivity index (χ0) is 11.8. The number of hydrogen-bond acceptors (Lipinski definition) is 2. The third kappa shape index (κ3) is 1.88. The van der Waals surface area contributed by atoms with E-state index in [0.29, 0.717) is 15.7 Å². The lowest BCUT2D eigenvalue weighted by molar-refractivity contribution is 1.30. The van der Waals surface area contributed by atoms with Crippen molar-refractivity contribution < 1.29 is 0 Å². The Morgan fingerprint density at radius 2 is 1.82 bits per heavy atom. The van der Waals surface area contributed by atoms with Crippen LogP contribution in [0.3, 0.4) is 0 Å². The summed E-state index contributed by atoms with van der Waals surface area (Å²) in [6.07, 6.45) is 3.39. The summed E-state index contributed by atoms with van der Waals surface area (Å²) >= 11 is 11.9. The van der Waals surface area contributed by atoms with Crippen molar-refractivity contribution in [2.75, 3.05) is 0 Å². The van der Waals surface area contributed by atoms with Crippen LogP contribution in [0.2, 0.25) is 10.0 Å². The second-order valence-corrected chi connectivity index (χ2v) is 4.44. The Morgan fingerprint density at radius 1 is 0.941 bits per heavy atom. The van der Waals surface area contributed by atoms with Crippen LogP contribution in [-0.4, -0.2) is 15.0 Å². The summed E-state index contributed by atoms with van der Waals surface area (Å²) in [7, 11) is 0. The number of benzene rings is 1. The van der Waals surface area contributed by atoms with Crippen LogP contribution in [0.5, 0.6) is 0 Å². The summed E-state index contributed by atoms with van der Waals surface area (Å²) in [5.74, 6) is 0. The zero-order valence-electron chi connectivity index (χ0n) is 8.61. The number of pyridine rings is 1. The lowest BCUT2D eigenvalue weighted by Crippen LogP contribution is -1.82. The van der Waals surface area contributed by atoms with Gasteiger partial charge in [0.05, 0.1) is 21.9 Å². The molecule has 0 aliphatic carbocycles. The number of halogens is 2. The van der Waals surface area contributed by atoms with Crippen LogP contribution in [0.15, 0.2) is 36.8 Å². The Bertz CT molecular complexity index is 691. The normalized spacial score (nSPS) is 10.9. The smallest absolute Gasteiger partial charge is 0.177 e. The average molecular weight is 264 g/mol. The molecule has 0 amide bonds. The maximum Gasteiger partial charge on any atom is 0.177 e. The topological polar surface area (TPSA) is 41.6 Å². The van der Waals surface area contributed by atoms with Gasteiger partial charge in [-0.2, -0.15) is 0 Å². The molecule has 3 rings (SSSR count). The Labute approximate surface area is 107 Å². The summed E-state index contributed by atoms with van der Waals surface area (Å²) in [6.45, 7) is 0. The molecule has 1 N–H and O–H groups in total. The van der Waals surface area contributed by atoms with Crippen LogP contribution in [0.4, 0.5) is 0 Å². The Balaban J connectivity index is 2.16. The molecule has 0 atom stereocenters. The van der Waals surface area contributed by atoms with Gasteiger partial charge in [0.1, 0.15) is 0 Å². The van der Waals surface area contributed by atoms with Gasteiger partial charge in [0.15, 0.2) is 5.65 Å². The molecule has 3 nitrogen and oxygen atoms in total. The van der Waals surface area contributed by atoms with Gasteiger partial charge >= 0.3 is 0 Å². The fourth-order valence-corrected chi connectivity index (χ4v) is 1.96. The van der Waals surface area contributed by atoms with E-state index in [9.17, 15) is 0 Å². The van der Waals surface area contributed by atoms with Crippen molar-refractivity contribution in [3.63, 3.8) is 0 Å². The van der Waals surface area contributed by atoms with E-state index in [4.69, 9.17) is 23.2 Å². The molecule has 1 aromatic carbocycles. The molecule has 0 saturated carbocycles. The first-order valence-corrected chi connectivity index (χ1v) is 5.74. The molecule has 5 heteroatoms. The summed E-state index contributed by atoms with van der Waals surface area (Å²) in [5.41, 5.74) is 3.55. The Morgan fingerprint density at radius 3 is 2.65 bits per heavy atom. The monoisotopic (exact) mass is 263 g/mol. The maximum absolute atomic E-state index is 5.99. The minimum Gasteiger partial charge on any atom is -0.343 e. The summed E-state index contributed by atoms with van der Waals surface area (Å²) < 4.78 is 0. The molecule has 0 unspecified atom stereocenters. The standard InChI is InChI=1S/C12H7Cl2N3/c13-9-2-1-7(3-10(9)14)8-4-11-12(15-5-8)17-6-16-11/h1-6H,(H,15,16,17). The van der Waals surface area contributed by atoms with Gasteiger partial charge in [-0.1, -0.05) is 29.3 Å². The minimum absolute atomic E-state index is 0.536. The number of rotatable bonds is 1. The maximum atomic E-state index is 5.99. The lowest BCUT2D eigenvalue weighted by atomic mass is 10.1. The number of nitrogens with zero attached hydrogens (tertiary/aromatic N) is 2. The molecule has 0 aliphatic heterocycles. The van der Waals surface area contributed by atoms with Crippen LogP contribution in [0, 0.1) is 0 Å². The van der Waals surface area contributed by atoms with E-state index >= 15 is 0 Å². The van der Waals surface area contributed by atoms with Crippen LogP contribution in [0.25, 0.3) is 22.3 Å². The Kier molecular flexibility index (Phi) is 2.50. The third-order valence-corrected chi connectivity index (χ3v) is 3.27. The van der Waals surface area contributed by atoms with E-state index in [-0.39, 0.29) is 0 Å². The van der Waals surface area contributed by atoms with E-state index in [1.807, 2.05) is 18.2 Å². The molecule has 2 heterocycles. The highest BCUT2D eigenvalue weighted by molar-refractivity contribution is 6.42. The highest BCUT2D eigenvalue weighted by atomic mass is 35.5. The first-order valence-electron chi connectivity index (χ1n) is 4.98. The molecule has 17 heavy (non-hydrogen) atoms. The second-order valence-electron chi connectivity index (χ2n) is 3.63. The number of H-pyrrole nitrogens is 1. The highest BCUT2D eigenvalue weighted by Crippen LogP contribution is 2.28. The fourth-order valence-electron chi connectivity index (χ4n) is 1.66. The predicted molar refractivity (Wildman–Crippen MR) is 69.3 cm³/mol. The highest BCUT2D eigenvalue weighted by Gasteiger charge is 2.04. The quantitative estimate of drug-likeness (QED) is 0.723. The van der Waals surface area contributed by atoms with Gasteiger partial charge in [0, 0.05) is 11.8 Å². The predicted octanol–water partition coefficient (Wildman–Crippen LogP) is 3.93. The molecule has 0 radical (unpaired) electrons. The van der Waals surface area contributed by atoms with Gasteiger partial charge in [-0.15, -0.1) is 0 Å². The van der Waals surface area contributed by atoms with Gasteiger partial charge in [0.2, 0.25) is 0 Å². The molecular weight excluding hydrogens is 257 g/mol. The van der Waals surface area contributed by atoms with E-state index in [0.717, 1.165) is 16.6 Å². The van der Waals surface area contributed by atoms with Crippen LogP contribution in [0.1, 0.15) is 0 Å². The van der Waals surface area contributed by atoms with Crippen molar-refractivity contribution in [1.29, 1.82) is 0 Å². The second kappa shape index (κ2) is 4.02. The number of fused-ring (bicyclic) bond motifs is 1. The minimum atomic E-state index is 0.536. The van der Waals surface area contributed by atoms with Crippen molar-refractivity contribution in [2.45, 2.75) is 0 Å². The first-order chi connectivity index (χ1) is 8.24. The van der Waals surface area contributed by atoms with Crippen molar-refractivity contribution in [3.8, 4) is 11.1 Å². The first kappa shape index (κ1) is 10.6. The van der Waals surface area contributed by atoms with Crippen molar-refractivity contribution in [3.05, 3.63) is 46.8 Å². The van der Waals surface area contributed by atoms with E-state index in [1.165, 1.54) is 0 Å². The third-order valence-electron chi connectivity index (χ3n) is 2.53. The summed E-state index contributed by atoms with van der Waals surface area (Å²) in [6, 6.07) is 7.49. The molecule has 3 aromatic rings. The fraction of sp³-hybridized carbons (Fsp3) is 0. The van der Waals surface area contributed by atoms with E-state index in [1.54, 1.807) is 18.6 Å². The van der Waals surface area contributed by atoms with E-state index in [2.05, 4.69) is 15.0 Å². The molecule has 2 aromatic heterocycles. The number of aromatic nitrogens is 3. The molecule has 0 spiro atoms. The van der Waals surface area contributed by atoms with Gasteiger partial charge in [-0.25, -0.2) is 9.97 Å². The van der Waals surface area contributed by atoms with Gasteiger partial charge in [0.25, 0.3) is 0 Å². The molecule has 0 aliphatic rings. The van der Waals surface area contributed by atoms with Crippen LogP contribution < -0.4 is 0 Å². The average Bonchev–Trinajstić information content (AvgIpc) is 2.79. The van der Waals surface area contributed by atoms with Crippen LogP contribution >= 0.6 is 23.2 Å². The van der Waals surface area contributed by atoms with Crippen LogP contribution in [-0.2, 0) is 0 Å². The lowest BCUT2D eigenvalue weighted by Gasteiger charge is -2.03. The van der Waals surface area contributed by atoms with Crippen molar-refractivity contribution >= 4 is 34.4 Å². The van der Waals surface area contributed by atoms with Gasteiger partial charge in [-0.05, 0) is 23.8 Å². The van der Waals surface area contributed by atoms with Gasteiger partial charge in [-0.3, -0.25) is 0 Å². The molecule has 0 bridgehead atoms. The number of imidazole rings is 1. The van der Waals surface area contributed by atoms with Crippen molar-refractivity contribution in [1.82, 2.24) is 15.0 Å². The summed E-state index contributed by atoms with van der Waals surface area (Å²) in [4.78, 5) is 11.3. The molecule has 0 fully saturated rings. The molecule has 0 saturated heterocycles. The van der Waals surface area contributed by atoms with Gasteiger partial charge < -0.3 is 4.98 Å². The SMILES string of the molecule is Clc1ccc(-c2cnc3nc[nH]c3c2)cc1Cl. The molecular formula is C12H7Cl2N3. The zero-order valence-corrected chi connectivity index (χ0v) is 10.1. The number of hydrogen-bond donors (Lipinski definition) is 1. The van der Waals surface area contributed by atoms with E-state index < -0.39 is 0 Å². The largest absolute Gasteiger partial charge is 0.343 e. The van der Waals surface area contributed by atoms with Crippen molar-refractivity contribution in [2.24, 2.45) is 0 Å². The number of nitrogens with one attached hydrogen (secondary N) is 1. The molecule has 84 valence electrons.